The van der Waals surface area contributed by atoms with Crippen LogP contribution in [0.3, 0.4) is 0 Å². The third-order valence-corrected chi connectivity index (χ3v) is 12.6. The Morgan fingerprint density at radius 3 is 1.83 bits per heavy atom. The van der Waals surface area contributed by atoms with Crippen molar-refractivity contribution in [1.82, 2.24) is 0 Å². The quantitative estimate of drug-likeness (QED) is 0.312. The molecule has 0 amide bonds. The van der Waals surface area contributed by atoms with Crippen LogP contribution in [0.4, 0.5) is 0 Å². The minimum absolute atomic E-state index is 1.32. The van der Waals surface area contributed by atoms with Gasteiger partial charge in [0.25, 0.3) is 0 Å². The summed E-state index contributed by atoms with van der Waals surface area (Å²) in [7, 11) is 0. The Morgan fingerprint density at radius 2 is 1.22 bits per heavy atom. The molecule has 1 rings (SSSR count). The van der Waals surface area contributed by atoms with Gasteiger partial charge in [-0.3, -0.25) is 0 Å². The van der Waals surface area contributed by atoms with Crippen molar-refractivity contribution < 1.29 is 0 Å². The molecular formula is C16H34ClP. The van der Waals surface area contributed by atoms with Crippen molar-refractivity contribution in [2.24, 2.45) is 0 Å². The standard InChI is InChI=1S/C16H34ClP/c1-3-5-7-8-9-10-14-18(17,13-6-4-2)15-11-12-16-18/h3-16H2,1-2H3. The van der Waals surface area contributed by atoms with Crippen LogP contribution in [0.2, 0.25) is 0 Å². The van der Waals surface area contributed by atoms with E-state index in [9.17, 15) is 0 Å². The maximum absolute atomic E-state index is 7.28. The molecule has 0 aromatic heterocycles. The fourth-order valence-electron chi connectivity index (χ4n) is 3.53. The summed E-state index contributed by atoms with van der Waals surface area (Å²) in [6.07, 6.45) is 19.6. The Morgan fingerprint density at radius 1 is 0.722 bits per heavy atom. The van der Waals surface area contributed by atoms with Crippen LogP contribution in [-0.2, 0) is 0 Å². The normalized spacial score (nSPS) is 23.6. The number of rotatable bonds is 10. The van der Waals surface area contributed by atoms with Gasteiger partial charge in [-0.25, -0.2) is 0 Å². The molecule has 0 atom stereocenters. The fraction of sp³-hybridized carbons (Fsp3) is 1.00. The molecule has 1 saturated heterocycles. The van der Waals surface area contributed by atoms with Crippen LogP contribution < -0.4 is 0 Å². The predicted molar refractivity (Wildman–Crippen MR) is 89.8 cm³/mol. The first kappa shape index (κ1) is 16.8. The first-order valence-corrected chi connectivity index (χ1v) is 12.2. The molecule has 1 aliphatic heterocycles. The van der Waals surface area contributed by atoms with Gasteiger partial charge < -0.3 is 0 Å². The van der Waals surface area contributed by atoms with Crippen LogP contribution in [0, 0.1) is 0 Å². The van der Waals surface area contributed by atoms with Crippen LogP contribution in [0.25, 0.3) is 0 Å². The molecule has 0 aromatic carbocycles. The van der Waals surface area contributed by atoms with Gasteiger partial charge in [0.05, 0.1) is 0 Å². The zero-order chi connectivity index (χ0) is 13.3. The molecule has 0 aliphatic carbocycles. The van der Waals surface area contributed by atoms with Gasteiger partial charge in [0.1, 0.15) is 0 Å². The Labute approximate surface area is 120 Å². The molecule has 0 unspecified atom stereocenters. The monoisotopic (exact) mass is 292 g/mol. The molecule has 0 spiro atoms. The van der Waals surface area contributed by atoms with Crippen molar-refractivity contribution >= 4 is 17.2 Å². The molecule has 0 N–H and O–H groups in total. The van der Waals surface area contributed by atoms with Gasteiger partial charge >= 0.3 is 120 Å². The van der Waals surface area contributed by atoms with Crippen molar-refractivity contribution in [1.29, 1.82) is 0 Å². The van der Waals surface area contributed by atoms with Crippen molar-refractivity contribution in [3.63, 3.8) is 0 Å². The zero-order valence-electron chi connectivity index (χ0n) is 12.7. The maximum atomic E-state index is 7.28. The van der Waals surface area contributed by atoms with E-state index in [2.05, 4.69) is 13.8 Å². The van der Waals surface area contributed by atoms with Crippen molar-refractivity contribution in [2.45, 2.75) is 78.1 Å². The van der Waals surface area contributed by atoms with Crippen LogP contribution in [0.15, 0.2) is 0 Å². The summed E-state index contributed by atoms with van der Waals surface area (Å²) in [4.78, 5) is 0. The van der Waals surface area contributed by atoms with E-state index in [1.54, 1.807) is 0 Å². The van der Waals surface area contributed by atoms with Gasteiger partial charge in [-0.15, -0.1) is 0 Å². The SMILES string of the molecule is CCCCCCCCP1(Cl)(CCCC)CCCC1. The molecule has 0 aromatic rings. The average Bonchev–Trinajstić information content (AvgIpc) is 2.76. The van der Waals surface area contributed by atoms with E-state index in [0.29, 0.717) is 0 Å². The summed E-state index contributed by atoms with van der Waals surface area (Å²) < 4.78 is 0. The van der Waals surface area contributed by atoms with Crippen molar-refractivity contribution in [3.05, 3.63) is 0 Å². The molecule has 0 saturated carbocycles. The Hall–Kier alpha value is 0.720. The van der Waals surface area contributed by atoms with Gasteiger partial charge in [0, 0.05) is 0 Å². The Kier molecular flexibility index (Phi) is 7.55. The summed E-state index contributed by atoms with van der Waals surface area (Å²) in [6, 6.07) is 0. The molecular weight excluding hydrogens is 259 g/mol. The molecule has 1 aliphatic rings. The second-order valence-electron chi connectivity index (χ2n) is 6.54. The summed E-state index contributed by atoms with van der Waals surface area (Å²) in [5.74, 6) is -1.72. The number of hydrogen-bond donors (Lipinski definition) is 0. The molecule has 0 bridgehead atoms. The number of unbranched alkanes of at least 4 members (excludes halogenated alkanes) is 6. The van der Waals surface area contributed by atoms with Crippen LogP contribution >= 0.6 is 17.2 Å². The fourth-order valence-corrected chi connectivity index (χ4v) is 10.4. The molecule has 18 heavy (non-hydrogen) atoms. The molecule has 1 fully saturated rings. The van der Waals surface area contributed by atoms with E-state index in [4.69, 9.17) is 11.2 Å². The third-order valence-electron chi connectivity index (χ3n) is 4.82. The predicted octanol–water partition coefficient (Wildman–Crippen LogP) is 6.65. The van der Waals surface area contributed by atoms with E-state index >= 15 is 0 Å². The first-order valence-electron chi connectivity index (χ1n) is 8.35. The number of hydrogen-bond acceptors (Lipinski definition) is 0. The molecule has 0 nitrogen and oxygen atoms in total. The zero-order valence-corrected chi connectivity index (χ0v) is 14.4. The van der Waals surface area contributed by atoms with Gasteiger partial charge in [0.2, 0.25) is 0 Å². The van der Waals surface area contributed by atoms with Crippen molar-refractivity contribution in [3.8, 4) is 0 Å². The Bertz CT molecular complexity index is 221. The van der Waals surface area contributed by atoms with Gasteiger partial charge in [-0.05, 0) is 0 Å². The number of halogens is 1. The third kappa shape index (κ3) is 5.38. The van der Waals surface area contributed by atoms with E-state index in [1.165, 1.54) is 88.9 Å². The van der Waals surface area contributed by atoms with E-state index < -0.39 is 5.96 Å². The topological polar surface area (TPSA) is 0 Å². The average molecular weight is 293 g/mol. The summed E-state index contributed by atoms with van der Waals surface area (Å²) in [5, 5.41) is 0. The molecule has 1 heterocycles. The summed E-state index contributed by atoms with van der Waals surface area (Å²) in [6.45, 7) is 4.60. The van der Waals surface area contributed by atoms with Gasteiger partial charge in [-0.2, -0.15) is 0 Å². The summed E-state index contributed by atoms with van der Waals surface area (Å²) in [5.41, 5.74) is 0. The van der Waals surface area contributed by atoms with E-state index in [1.807, 2.05) is 0 Å². The van der Waals surface area contributed by atoms with Gasteiger partial charge in [-0.1, -0.05) is 0 Å². The first-order chi connectivity index (χ1) is 8.63. The van der Waals surface area contributed by atoms with Gasteiger partial charge in [0.15, 0.2) is 0 Å². The molecule has 110 valence electrons. The van der Waals surface area contributed by atoms with Crippen LogP contribution in [0.1, 0.15) is 78.1 Å². The van der Waals surface area contributed by atoms with Crippen LogP contribution in [0.5, 0.6) is 0 Å². The van der Waals surface area contributed by atoms with Crippen molar-refractivity contribution in [2.75, 3.05) is 24.6 Å². The second kappa shape index (κ2) is 8.11. The second-order valence-corrected chi connectivity index (χ2v) is 14.8. The Balaban J connectivity index is 2.29. The molecule has 0 radical (unpaired) electrons. The summed E-state index contributed by atoms with van der Waals surface area (Å²) >= 11 is 7.28. The minimum atomic E-state index is -1.72. The molecule has 2 heteroatoms. The van der Waals surface area contributed by atoms with E-state index in [-0.39, 0.29) is 0 Å². The van der Waals surface area contributed by atoms with E-state index in [0.717, 1.165) is 0 Å². The van der Waals surface area contributed by atoms with Crippen LogP contribution in [-0.4, -0.2) is 24.6 Å².